The predicted octanol–water partition coefficient (Wildman–Crippen LogP) is 3.92. The number of aromatic nitrogens is 1. The fourth-order valence-electron chi connectivity index (χ4n) is 1.85. The quantitative estimate of drug-likeness (QED) is 0.779. The van der Waals surface area contributed by atoms with E-state index < -0.39 is 0 Å². The minimum absolute atomic E-state index is 0.126. The SMILES string of the molecule is CCCc1cccc(C(=O)c2ncccc2Cl)c1. The first kappa shape index (κ1) is 12.8. The molecule has 0 fully saturated rings. The van der Waals surface area contributed by atoms with Crippen LogP contribution in [0.3, 0.4) is 0 Å². The Kier molecular flexibility index (Phi) is 4.11. The Morgan fingerprint density at radius 3 is 2.83 bits per heavy atom. The Hall–Kier alpha value is -1.67. The van der Waals surface area contributed by atoms with Crippen LogP contribution >= 0.6 is 11.6 Å². The number of hydrogen-bond acceptors (Lipinski definition) is 2. The van der Waals surface area contributed by atoms with E-state index in [0.29, 0.717) is 16.3 Å². The smallest absolute Gasteiger partial charge is 0.212 e. The number of rotatable bonds is 4. The Morgan fingerprint density at radius 2 is 2.11 bits per heavy atom. The molecule has 0 bridgehead atoms. The molecule has 2 aromatic rings. The van der Waals surface area contributed by atoms with Crippen molar-refractivity contribution in [3.63, 3.8) is 0 Å². The Balaban J connectivity index is 2.34. The summed E-state index contributed by atoms with van der Waals surface area (Å²) in [4.78, 5) is 16.3. The number of aryl methyl sites for hydroxylation is 1. The molecule has 18 heavy (non-hydrogen) atoms. The number of carbonyl (C=O) groups excluding carboxylic acids is 1. The van der Waals surface area contributed by atoms with Crippen molar-refractivity contribution in [3.8, 4) is 0 Å². The van der Waals surface area contributed by atoms with Crippen LogP contribution < -0.4 is 0 Å². The van der Waals surface area contributed by atoms with E-state index in [1.54, 1.807) is 24.4 Å². The molecular formula is C15H14ClNO. The molecule has 92 valence electrons. The molecule has 0 aliphatic carbocycles. The minimum Gasteiger partial charge on any atom is -0.287 e. The van der Waals surface area contributed by atoms with Gasteiger partial charge in [0.15, 0.2) is 0 Å². The second-order valence-electron chi connectivity index (χ2n) is 4.11. The average Bonchev–Trinajstić information content (AvgIpc) is 2.39. The highest BCUT2D eigenvalue weighted by molar-refractivity contribution is 6.34. The molecule has 0 unspecified atom stereocenters. The fourth-order valence-corrected chi connectivity index (χ4v) is 2.05. The molecule has 0 saturated heterocycles. The van der Waals surface area contributed by atoms with Gasteiger partial charge in [0, 0.05) is 11.8 Å². The van der Waals surface area contributed by atoms with E-state index in [1.165, 1.54) is 0 Å². The highest BCUT2D eigenvalue weighted by atomic mass is 35.5. The summed E-state index contributed by atoms with van der Waals surface area (Å²) in [5, 5.41) is 0.392. The van der Waals surface area contributed by atoms with Gasteiger partial charge in [0.2, 0.25) is 5.78 Å². The van der Waals surface area contributed by atoms with Gasteiger partial charge in [-0.2, -0.15) is 0 Å². The van der Waals surface area contributed by atoms with Crippen LogP contribution in [0.15, 0.2) is 42.6 Å². The lowest BCUT2D eigenvalue weighted by Gasteiger charge is -2.04. The summed E-state index contributed by atoms with van der Waals surface area (Å²) in [6, 6.07) is 11.0. The molecule has 0 saturated carbocycles. The lowest BCUT2D eigenvalue weighted by Crippen LogP contribution is -2.05. The molecular weight excluding hydrogens is 246 g/mol. The van der Waals surface area contributed by atoms with Crippen LogP contribution in [0.5, 0.6) is 0 Å². The maximum atomic E-state index is 12.3. The second kappa shape index (κ2) is 5.78. The van der Waals surface area contributed by atoms with Crippen LogP contribution in [-0.4, -0.2) is 10.8 Å². The number of carbonyl (C=O) groups is 1. The summed E-state index contributed by atoms with van der Waals surface area (Å²) >= 11 is 5.99. The monoisotopic (exact) mass is 259 g/mol. The van der Waals surface area contributed by atoms with Crippen molar-refractivity contribution >= 4 is 17.4 Å². The van der Waals surface area contributed by atoms with E-state index in [2.05, 4.69) is 11.9 Å². The van der Waals surface area contributed by atoms with Gasteiger partial charge in [-0.25, -0.2) is 0 Å². The highest BCUT2D eigenvalue weighted by Gasteiger charge is 2.13. The van der Waals surface area contributed by atoms with Crippen LogP contribution in [0.1, 0.15) is 35.0 Å². The van der Waals surface area contributed by atoms with Crippen LogP contribution in [0.25, 0.3) is 0 Å². The molecule has 0 radical (unpaired) electrons. The number of halogens is 1. The van der Waals surface area contributed by atoms with E-state index in [4.69, 9.17) is 11.6 Å². The maximum Gasteiger partial charge on any atom is 0.212 e. The third-order valence-corrected chi connectivity index (χ3v) is 3.01. The summed E-state index contributed by atoms with van der Waals surface area (Å²) in [7, 11) is 0. The summed E-state index contributed by atoms with van der Waals surface area (Å²) in [5.74, 6) is -0.126. The Morgan fingerprint density at radius 1 is 1.28 bits per heavy atom. The standard InChI is InChI=1S/C15H14ClNO/c1-2-5-11-6-3-7-12(10-11)15(18)14-13(16)8-4-9-17-14/h3-4,6-10H,2,5H2,1H3. The van der Waals surface area contributed by atoms with Crippen molar-refractivity contribution in [1.82, 2.24) is 4.98 Å². The molecule has 1 aromatic heterocycles. The van der Waals surface area contributed by atoms with Crippen molar-refractivity contribution in [2.45, 2.75) is 19.8 Å². The van der Waals surface area contributed by atoms with Crippen molar-refractivity contribution in [1.29, 1.82) is 0 Å². The van der Waals surface area contributed by atoms with Gasteiger partial charge in [0.1, 0.15) is 5.69 Å². The first-order valence-electron chi connectivity index (χ1n) is 5.96. The number of ketones is 1. The van der Waals surface area contributed by atoms with Gasteiger partial charge in [0.05, 0.1) is 5.02 Å². The zero-order valence-corrected chi connectivity index (χ0v) is 10.9. The van der Waals surface area contributed by atoms with Crippen LogP contribution in [-0.2, 0) is 6.42 Å². The molecule has 0 atom stereocenters. The topological polar surface area (TPSA) is 30.0 Å². The minimum atomic E-state index is -0.126. The number of hydrogen-bond donors (Lipinski definition) is 0. The Labute approximate surface area is 112 Å². The van der Waals surface area contributed by atoms with Crippen LogP contribution in [0, 0.1) is 0 Å². The zero-order valence-electron chi connectivity index (χ0n) is 10.2. The lowest BCUT2D eigenvalue weighted by atomic mass is 10.0. The van der Waals surface area contributed by atoms with Gasteiger partial charge >= 0.3 is 0 Å². The van der Waals surface area contributed by atoms with E-state index >= 15 is 0 Å². The third-order valence-electron chi connectivity index (χ3n) is 2.70. The van der Waals surface area contributed by atoms with Crippen molar-refractivity contribution in [2.24, 2.45) is 0 Å². The number of pyridine rings is 1. The van der Waals surface area contributed by atoms with E-state index in [0.717, 1.165) is 18.4 Å². The molecule has 3 heteroatoms. The van der Waals surface area contributed by atoms with E-state index in [-0.39, 0.29) is 5.78 Å². The fraction of sp³-hybridized carbons (Fsp3) is 0.200. The zero-order chi connectivity index (χ0) is 13.0. The number of nitrogens with zero attached hydrogens (tertiary/aromatic N) is 1. The maximum absolute atomic E-state index is 12.3. The first-order chi connectivity index (χ1) is 8.72. The normalized spacial score (nSPS) is 10.3. The van der Waals surface area contributed by atoms with Gasteiger partial charge in [-0.05, 0) is 30.2 Å². The first-order valence-corrected chi connectivity index (χ1v) is 6.34. The molecule has 0 amide bonds. The van der Waals surface area contributed by atoms with E-state index in [9.17, 15) is 4.79 Å². The van der Waals surface area contributed by atoms with Gasteiger partial charge in [-0.15, -0.1) is 0 Å². The molecule has 2 rings (SSSR count). The summed E-state index contributed by atoms with van der Waals surface area (Å²) in [5.41, 5.74) is 2.12. The molecule has 1 heterocycles. The summed E-state index contributed by atoms with van der Waals surface area (Å²) in [6.07, 6.45) is 3.61. The van der Waals surface area contributed by atoms with E-state index in [1.807, 2.05) is 18.2 Å². The largest absolute Gasteiger partial charge is 0.287 e. The predicted molar refractivity (Wildman–Crippen MR) is 73.1 cm³/mol. The van der Waals surface area contributed by atoms with Gasteiger partial charge in [-0.1, -0.05) is 43.1 Å². The van der Waals surface area contributed by atoms with Crippen LogP contribution in [0.4, 0.5) is 0 Å². The second-order valence-corrected chi connectivity index (χ2v) is 4.52. The molecule has 0 aliphatic rings. The third kappa shape index (κ3) is 2.77. The van der Waals surface area contributed by atoms with Crippen molar-refractivity contribution in [2.75, 3.05) is 0 Å². The van der Waals surface area contributed by atoms with Crippen LogP contribution in [0.2, 0.25) is 5.02 Å². The lowest BCUT2D eigenvalue weighted by molar-refractivity contribution is 0.103. The van der Waals surface area contributed by atoms with Gasteiger partial charge < -0.3 is 0 Å². The molecule has 1 aromatic carbocycles. The summed E-state index contributed by atoms with van der Waals surface area (Å²) in [6.45, 7) is 2.12. The molecule has 0 spiro atoms. The highest BCUT2D eigenvalue weighted by Crippen LogP contribution is 2.17. The van der Waals surface area contributed by atoms with Gasteiger partial charge in [0.25, 0.3) is 0 Å². The molecule has 2 nitrogen and oxygen atoms in total. The van der Waals surface area contributed by atoms with Crippen molar-refractivity contribution < 1.29 is 4.79 Å². The molecule has 0 N–H and O–H groups in total. The Bertz CT molecular complexity index is 566. The van der Waals surface area contributed by atoms with Gasteiger partial charge in [-0.3, -0.25) is 9.78 Å². The average molecular weight is 260 g/mol. The molecule has 0 aliphatic heterocycles. The van der Waals surface area contributed by atoms with Crippen molar-refractivity contribution in [3.05, 3.63) is 64.4 Å². The summed E-state index contributed by atoms with van der Waals surface area (Å²) < 4.78 is 0. The number of benzene rings is 1.